The molecule has 3 heterocycles. The molecule has 1 aliphatic heterocycles. The average molecular weight is 1340 g/mol. The third-order valence-corrected chi connectivity index (χ3v) is 17.5. The minimum Gasteiger partial charge on any atom is -0.480 e. The number of H-pyrrole nitrogens is 1. The van der Waals surface area contributed by atoms with Gasteiger partial charge in [0.15, 0.2) is 5.95 Å². The van der Waals surface area contributed by atoms with Crippen LogP contribution in [-0.2, 0) is 86.0 Å². The molecule has 7 N–H and O–H groups in total. The van der Waals surface area contributed by atoms with Gasteiger partial charge in [0, 0.05) is 136 Å². The molecule has 0 spiro atoms. The fraction of sp³-hybridized carbons (Fsp3) is 0.508. The molecular weight excluding hydrogens is 1250 g/mol. The summed E-state index contributed by atoms with van der Waals surface area (Å²) >= 11 is 0. The number of esters is 3. The van der Waals surface area contributed by atoms with Crippen molar-refractivity contribution in [3.63, 3.8) is 0 Å². The van der Waals surface area contributed by atoms with Gasteiger partial charge in [0.2, 0.25) is 31.4 Å². The summed E-state index contributed by atoms with van der Waals surface area (Å²) in [4.78, 5) is 102. The molecule has 512 valence electrons. The number of rotatable bonds is 34. The zero-order chi connectivity index (χ0) is 67.8. The number of aromatic amines is 1. The van der Waals surface area contributed by atoms with Gasteiger partial charge in [0.25, 0.3) is 5.91 Å². The van der Waals surface area contributed by atoms with Crippen molar-refractivity contribution >= 4 is 72.6 Å². The van der Waals surface area contributed by atoms with Gasteiger partial charge in [-0.05, 0) is 79.8 Å². The van der Waals surface area contributed by atoms with E-state index in [4.69, 9.17) is 28.4 Å². The van der Waals surface area contributed by atoms with E-state index < -0.39 is 49.9 Å². The smallest absolute Gasteiger partial charge is 0.323 e. The third-order valence-electron chi connectivity index (χ3n) is 14.5. The lowest BCUT2D eigenvalue weighted by Crippen LogP contribution is -2.50. The number of benzene rings is 3. The van der Waals surface area contributed by atoms with E-state index in [1.807, 2.05) is 33.4 Å². The first kappa shape index (κ1) is 76.0. The monoisotopic (exact) mass is 1340 g/mol. The van der Waals surface area contributed by atoms with Crippen LogP contribution in [0.4, 0.5) is 5.95 Å². The lowest BCUT2D eigenvalue weighted by Gasteiger charge is -2.33. The quantitative estimate of drug-likeness (QED) is 0.0169. The fourth-order valence-electron chi connectivity index (χ4n) is 9.31. The molecule has 6 rings (SSSR count). The topological polar surface area (TPSA) is 370 Å². The van der Waals surface area contributed by atoms with Gasteiger partial charge in [-0.3, -0.25) is 53.2 Å². The number of aromatic nitrogens is 3. The van der Waals surface area contributed by atoms with Crippen LogP contribution in [0.1, 0.15) is 42.6 Å². The van der Waals surface area contributed by atoms with Crippen LogP contribution in [0.2, 0.25) is 0 Å². The van der Waals surface area contributed by atoms with Crippen LogP contribution >= 0.6 is 0 Å². The molecule has 0 aliphatic carbocycles. The summed E-state index contributed by atoms with van der Waals surface area (Å²) in [5.41, 5.74) is 1.80. The van der Waals surface area contributed by atoms with Crippen molar-refractivity contribution in [2.75, 3.05) is 164 Å². The van der Waals surface area contributed by atoms with Gasteiger partial charge < -0.3 is 59.0 Å². The molecule has 1 fully saturated rings. The number of hydrogen-bond acceptors (Lipinski definition) is 23. The lowest BCUT2D eigenvalue weighted by atomic mass is 10.1. The Morgan fingerprint density at radius 1 is 0.634 bits per heavy atom. The van der Waals surface area contributed by atoms with Crippen LogP contribution in [0.5, 0.6) is 0 Å². The molecule has 2 amide bonds. The number of sulfonamides is 2. The first-order chi connectivity index (χ1) is 44.6. The summed E-state index contributed by atoms with van der Waals surface area (Å²) in [7, 11) is -2.41. The molecule has 0 radical (unpaired) electrons. The van der Waals surface area contributed by atoms with E-state index in [-0.39, 0.29) is 77.3 Å². The standard InChI is InChI=1S/C35H39N7O9S2.C26H49N5O9/c1-3-51-18-4-15-40-52(47,48)26-10-6-24(7-11-26)25-8-12-27(13-9-25)53(49,50)41-30(34(45)46)21-38-33(44)29-22-42(2)31-19-23(5-14-28(31)32(29)43)20-39-35-36-16-17-37-35;1-5-39-17-18-40-16-6-7-27-23(32)19-28-8-10-29(20-24(33)36-2)12-14-31(22-26(35)38-4)15-13-30(11-9-28)21-25(34)37-3/h5-14,16-17,19,22,30,40-41H,3-4,15,18,20-21H2,1-2H3,(H,38,44)(H,45,46)(H2,36,37,39);5-22H2,1-4H3,(H,27,32). The molecule has 3 aromatic carbocycles. The first-order valence-electron chi connectivity index (χ1n) is 30.3. The Labute approximate surface area is 542 Å². The SMILES string of the molecule is CCOCCCNS(=O)(=O)c1ccc(-c2ccc(S(=O)(=O)NC(CNC(=O)c3cn(C)c4cc(CNc5ncc[nH]5)ccc4c3=O)C(=O)O)cc2)cc1.CCOCCOCCCNC(=O)CN1CCN(CC(=O)OC)CCN(CC(=O)OC)CCN(CC(=O)OC)CC1. The van der Waals surface area contributed by atoms with Gasteiger partial charge in [0.1, 0.15) is 11.6 Å². The number of imidazole rings is 1. The van der Waals surface area contributed by atoms with Crippen LogP contribution in [0.15, 0.2) is 99.9 Å². The highest BCUT2D eigenvalue weighted by Crippen LogP contribution is 2.24. The second-order valence-electron chi connectivity index (χ2n) is 21.2. The van der Waals surface area contributed by atoms with Crippen molar-refractivity contribution in [1.82, 2.24) is 54.2 Å². The molecule has 32 heteroatoms. The molecule has 0 saturated carbocycles. The zero-order valence-corrected chi connectivity index (χ0v) is 55.2. The lowest BCUT2D eigenvalue weighted by molar-refractivity contribution is -0.144. The highest BCUT2D eigenvalue weighted by Gasteiger charge is 2.28. The van der Waals surface area contributed by atoms with Crippen LogP contribution in [0, 0.1) is 0 Å². The number of pyridine rings is 1. The molecular formula is C61H88N12O18S2. The highest BCUT2D eigenvalue weighted by molar-refractivity contribution is 7.89. The van der Waals surface area contributed by atoms with E-state index in [1.54, 1.807) is 54.3 Å². The average Bonchev–Trinajstić information content (AvgIpc) is 0.922. The Hall–Kier alpha value is -7.76. The Kier molecular flexibility index (Phi) is 32.4. The first-order valence-corrected chi connectivity index (χ1v) is 33.2. The maximum absolute atomic E-state index is 13.3. The minimum atomic E-state index is -4.38. The Morgan fingerprint density at radius 3 is 1.63 bits per heavy atom. The van der Waals surface area contributed by atoms with Crippen molar-refractivity contribution < 1.29 is 79.1 Å². The van der Waals surface area contributed by atoms with E-state index in [0.29, 0.717) is 141 Å². The number of methoxy groups -OCH3 is 3. The van der Waals surface area contributed by atoms with Crippen molar-refractivity contribution in [2.45, 2.75) is 49.1 Å². The van der Waals surface area contributed by atoms with E-state index in [0.717, 1.165) is 5.56 Å². The maximum atomic E-state index is 13.3. The molecule has 2 aromatic heterocycles. The Morgan fingerprint density at radius 2 is 1.13 bits per heavy atom. The summed E-state index contributed by atoms with van der Waals surface area (Å²) < 4.78 is 88.2. The molecule has 1 unspecified atom stereocenters. The van der Waals surface area contributed by atoms with Crippen molar-refractivity contribution in [2.24, 2.45) is 7.05 Å². The van der Waals surface area contributed by atoms with Crippen molar-refractivity contribution in [1.29, 1.82) is 0 Å². The number of carbonyl (C=O) groups is 6. The molecule has 1 atom stereocenters. The van der Waals surface area contributed by atoms with Crippen LogP contribution in [0.3, 0.4) is 0 Å². The number of anilines is 1. The molecule has 1 aliphatic rings. The largest absolute Gasteiger partial charge is 0.480 e. The molecule has 93 heavy (non-hydrogen) atoms. The van der Waals surface area contributed by atoms with E-state index in [9.17, 15) is 55.5 Å². The van der Waals surface area contributed by atoms with Crippen molar-refractivity contribution in [3.05, 3.63) is 107 Å². The second-order valence-corrected chi connectivity index (χ2v) is 24.7. The summed E-state index contributed by atoms with van der Waals surface area (Å²) in [6.07, 6.45) is 5.84. The predicted molar refractivity (Wildman–Crippen MR) is 344 cm³/mol. The normalized spacial score (nSPS) is 14.3. The number of aryl methyl sites for hydroxylation is 1. The number of carboxylic acids is 1. The van der Waals surface area contributed by atoms with Crippen LogP contribution in [-0.4, -0.2) is 257 Å². The number of carbonyl (C=O) groups excluding carboxylic acids is 5. The van der Waals surface area contributed by atoms with Gasteiger partial charge in [-0.2, -0.15) is 4.72 Å². The summed E-state index contributed by atoms with van der Waals surface area (Å²) in [5.74, 6) is -3.02. The van der Waals surface area contributed by atoms with Gasteiger partial charge in [-0.1, -0.05) is 30.3 Å². The van der Waals surface area contributed by atoms with Gasteiger partial charge >= 0.3 is 23.9 Å². The predicted octanol–water partition coefficient (Wildman–Crippen LogP) is 0.694. The number of amides is 2. The number of carboxylic acid groups (broad SMARTS) is 1. The van der Waals surface area contributed by atoms with Crippen LogP contribution in [0.25, 0.3) is 22.0 Å². The molecule has 30 nitrogen and oxygen atoms in total. The summed E-state index contributed by atoms with van der Waals surface area (Å²) in [6.45, 7) is 12.1. The number of hydrogen-bond donors (Lipinski definition) is 7. The maximum Gasteiger partial charge on any atom is 0.323 e. The minimum absolute atomic E-state index is 0.0677. The van der Waals surface area contributed by atoms with Gasteiger partial charge in [-0.25, -0.2) is 26.5 Å². The van der Waals surface area contributed by atoms with Gasteiger partial charge in [-0.15, -0.1) is 0 Å². The van der Waals surface area contributed by atoms with Crippen molar-refractivity contribution in [3.8, 4) is 11.1 Å². The second kappa shape index (κ2) is 39.7. The third kappa shape index (κ3) is 26.3. The number of nitrogens with one attached hydrogen (secondary N) is 6. The zero-order valence-electron chi connectivity index (χ0n) is 53.5. The summed E-state index contributed by atoms with van der Waals surface area (Å²) in [5, 5.41) is 18.5. The number of aliphatic carboxylic acids is 1. The summed E-state index contributed by atoms with van der Waals surface area (Å²) in [6, 6.07) is 14.9. The highest BCUT2D eigenvalue weighted by atomic mass is 32.2. The number of nitrogens with zero attached hydrogens (tertiary/aromatic N) is 6. The fourth-order valence-corrected chi connectivity index (χ4v) is 11.6. The molecule has 5 aromatic rings. The number of fused-ring (bicyclic) bond motifs is 1. The van der Waals surface area contributed by atoms with E-state index >= 15 is 0 Å². The van der Waals surface area contributed by atoms with Gasteiger partial charge in [0.05, 0.1) is 76.0 Å². The van der Waals surface area contributed by atoms with E-state index in [2.05, 4.69) is 35.4 Å². The molecule has 0 bridgehead atoms. The number of ether oxygens (including phenoxy) is 6. The Balaban J connectivity index is 0.000000352. The molecule has 1 saturated heterocycles. The Bertz CT molecular complexity index is 3440. The van der Waals surface area contributed by atoms with E-state index in [1.165, 1.54) is 63.9 Å². The van der Waals surface area contributed by atoms with Crippen LogP contribution < -0.4 is 30.8 Å².